The molecule has 3 rings (SSSR count). The van der Waals surface area contributed by atoms with Crippen LogP contribution < -0.4 is 11.1 Å². The highest BCUT2D eigenvalue weighted by atomic mass is 15.2. The average molecular weight is 275 g/mol. The highest BCUT2D eigenvalue weighted by Gasteiger charge is 2.35. The molecule has 110 valence electrons. The van der Waals surface area contributed by atoms with E-state index >= 15 is 0 Å². The first-order valence-corrected chi connectivity index (χ1v) is 7.82. The summed E-state index contributed by atoms with van der Waals surface area (Å²) in [5.41, 5.74) is 6.98. The first kappa shape index (κ1) is 13.6. The van der Waals surface area contributed by atoms with Crippen LogP contribution in [0.3, 0.4) is 0 Å². The van der Waals surface area contributed by atoms with E-state index in [2.05, 4.69) is 27.1 Å². The topological polar surface area (TPSA) is 67.1 Å². The van der Waals surface area contributed by atoms with Gasteiger partial charge < -0.3 is 11.1 Å². The van der Waals surface area contributed by atoms with E-state index in [4.69, 9.17) is 5.73 Å². The van der Waals surface area contributed by atoms with Gasteiger partial charge in [0.05, 0.1) is 0 Å². The molecule has 3 N–H and O–H groups in total. The lowest BCUT2D eigenvalue weighted by atomic mass is 9.99. The molecule has 1 aromatic rings. The van der Waals surface area contributed by atoms with Crippen molar-refractivity contribution in [3.63, 3.8) is 0 Å². The van der Waals surface area contributed by atoms with Crippen LogP contribution in [0.4, 0.5) is 11.6 Å². The molecule has 2 aliphatic rings. The van der Waals surface area contributed by atoms with Gasteiger partial charge in [0.1, 0.15) is 17.5 Å². The fourth-order valence-corrected chi connectivity index (χ4v) is 3.47. The third-order valence-corrected chi connectivity index (χ3v) is 4.72. The van der Waals surface area contributed by atoms with Crippen LogP contribution in [0.1, 0.15) is 44.0 Å². The van der Waals surface area contributed by atoms with E-state index in [1.54, 1.807) is 0 Å². The van der Waals surface area contributed by atoms with E-state index in [1.807, 2.05) is 6.92 Å². The molecule has 20 heavy (non-hydrogen) atoms. The summed E-state index contributed by atoms with van der Waals surface area (Å²) in [7, 11) is 0. The number of nitrogens with zero attached hydrogens (tertiary/aromatic N) is 3. The van der Waals surface area contributed by atoms with Gasteiger partial charge in [0.2, 0.25) is 0 Å². The minimum atomic E-state index is 0.507. The van der Waals surface area contributed by atoms with E-state index in [0.717, 1.165) is 23.6 Å². The molecule has 3 heterocycles. The second-order valence-corrected chi connectivity index (χ2v) is 5.99. The van der Waals surface area contributed by atoms with Crippen molar-refractivity contribution in [3.8, 4) is 0 Å². The molecule has 5 nitrogen and oxygen atoms in total. The van der Waals surface area contributed by atoms with Crippen molar-refractivity contribution in [2.24, 2.45) is 0 Å². The summed E-state index contributed by atoms with van der Waals surface area (Å²) in [6.45, 7) is 6.54. The number of nitrogen functional groups attached to an aromatic ring is 1. The molecule has 0 spiro atoms. The van der Waals surface area contributed by atoms with Crippen LogP contribution in [0.25, 0.3) is 0 Å². The molecule has 0 aliphatic carbocycles. The molecule has 0 radical (unpaired) electrons. The van der Waals surface area contributed by atoms with Crippen LogP contribution in [-0.2, 0) is 6.42 Å². The highest BCUT2D eigenvalue weighted by Crippen LogP contribution is 2.30. The van der Waals surface area contributed by atoms with Gasteiger partial charge in [-0.15, -0.1) is 0 Å². The van der Waals surface area contributed by atoms with Crippen molar-refractivity contribution >= 4 is 11.6 Å². The monoisotopic (exact) mass is 275 g/mol. The predicted octanol–water partition coefficient (Wildman–Crippen LogP) is 1.97. The lowest BCUT2D eigenvalue weighted by molar-refractivity contribution is 0.192. The molecule has 1 aromatic heterocycles. The summed E-state index contributed by atoms with van der Waals surface area (Å²) in [5, 5.41) is 3.65. The molecule has 2 unspecified atom stereocenters. The molecular formula is C15H25N5. The maximum Gasteiger partial charge on any atom is 0.135 e. The Morgan fingerprint density at radius 3 is 2.90 bits per heavy atom. The van der Waals surface area contributed by atoms with Crippen molar-refractivity contribution in [2.75, 3.05) is 24.1 Å². The second kappa shape index (κ2) is 5.56. The molecule has 5 heteroatoms. The Bertz CT molecular complexity index is 487. The third-order valence-electron chi connectivity index (χ3n) is 4.72. The van der Waals surface area contributed by atoms with Gasteiger partial charge in [-0.3, -0.25) is 4.90 Å². The van der Waals surface area contributed by atoms with Crippen LogP contribution in [0.15, 0.2) is 0 Å². The molecule has 2 atom stereocenters. The highest BCUT2D eigenvalue weighted by molar-refractivity contribution is 5.55. The van der Waals surface area contributed by atoms with Crippen LogP contribution >= 0.6 is 0 Å². The maximum absolute atomic E-state index is 6.00. The number of piperidine rings is 1. The number of anilines is 2. The van der Waals surface area contributed by atoms with Gasteiger partial charge in [-0.05, 0) is 32.7 Å². The van der Waals surface area contributed by atoms with Gasteiger partial charge in [0, 0.05) is 30.6 Å². The maximum atomic E-state index is 6.00. The zero-order chi connectivity index (χ0) is 14.1. The number of rotatable bonds is 3. The Morgan fingerprint density at radius 2 is 2.10 bits per heavy atom. The Balaban J connectivity index is 1.79. The quantitative estimate of drug-likeness (QED) is 0.883. The number of nitrogens with two attached hydrogens (primary N) is 1. The van der Waals surface area contributed by atoms with Crippen molar-refractivity contribution in [3.05, 3.63) is 11.4 Å². The number of hydrogen-bond acceptors (Lipinski definition) is 5. The fraction of sp³-hybridized carbons (Fsp3) is 0.733. The molecular weight excluding hydrogens is 250 g/mol. The first-order valence-electron chi connectivity index (χ1n) is 7.82. The van der Waals surface area contributed by atoms with Crippen molar-refractivity contribution in [1.29, 1.82) is 0 Å². The molecule has 2 aliphatic heterocycles. The van der Waals surface area contributed by atoms with Gasteiger partial charge in [0.25, 0.3) is 0 Å². The molecule has 0 bridgehead atoms. The minimum absolute atomic E-state index is 0.507. The number of fused-ring (bicyclic) bond motifs is 1. The van der Waals surface area contributed by atoms with E-state index in [9.17, 15) is 0 Å². The van der Waals surface area contributed by atoms with Gasteiger partial charge in [-0.2, -0.15) is 0 Å². The summed E-state index contributed by atoms with van der Waals surface area (Å²) in [4.78, 5) is 11.6. The van der Waals surface area contributed by atoms with E-state index in [-0.39, 0.29) is 0 Å². The Hall–Kier alpha value is -1.36. The summed E-state index contributed by atoms with van der Waals surface area (Å²) < 4.78 is 0. The Morgan fingerprint density at radius 1 is 1.25 bits per heavy atom. The molecule has 0 saturated carbocycles. The van der Waals surface area contributed by atoms with Gasteiger partial charge in [-0.1, -0.05) is 13.3 Å². The van der Waals surface area contributed by atoms with Crippen LogP contribution in [0.5, 0.6) is 0 Å². The summed E-state index contributed by atoms with van der Waals surface area (Å²) in [5.74, 6) is 2.37. The SMILES string of the molecule is CCc1nc(N)c(C)c(NC2CCN3CCCCC23)n1. The summed E-state index contributed by atoms with van der Waals surface area (Å²) in [6, 6.07) is 1.18. The second-order valence-electron chi connectivity index (χ2n) is 5.99. The lowest BCUT2D eigenvalue weighted by Crippen LogP contribution is -2.42. The summed E-state index contributed by atoms with van der Waals surface area (Å²) in [6.07, 6.45) is 6.03. The first-order chi connectivity index (χ1) is 9.69. The van der Waals surface area contributed by atoms with Gasteiger partial charge in [0.15, 0.2) is 0 Å². The third kappa shape index (κ3) is 2.46. The van der Waals surface area contributed by atoms with E-state index in [0.29, 0.717) is 17.9 Å². The zero-order valence-corrected chi connectivity index (χ0v) is 12.5. The van der Waals surface area contributed by atoms with Crippen molar-refractivity contribution in [1.82, 2.24) is 14.9 Å². The predicted molar refractivity (Wildman–Crippen MR) is 81.8 cm³/mol. The standard InChI is InChI=1S/C15H25N5/c1-3-13-18-14(16)10(2)15(19-13)17-11-7-9-20-8-5-4-6-12(11)20/h11-12H,3-9H2,1-2H3,(H3,16,17,18,19). The van der Waals surface area contributed by atoms with Crippen LogP contribution in [0, 0.1) is 6.92 Å². The largest absolute Gasteiger partial charge is 0.383 e. The molecule has 2 fully saturated rings. The molecule has 0 amide bonds. The van der Waals surface area contributed by atoms with Gasteiger partial charge >= 0.3 is 0 Å². The smallest absolute Gasteiger partial charge is 0.135 e. The van der Waals surface area contributed by atoms with Crippen molar-refractivity contribution in [2.45, 2.75) is 58.0 Å². The van der Waals surface area contributed by atoms with E-state index in [1.165, 1.54) is 38.8 Å². The summed E-state index contributed by atoms with van der Waals surface area (Å²) >= 11 is 0. The van der Waals surface area contributed by atoms with Crippen LogP contribution in [0.2, 0.25) is 0 Å². The lowest BCUT2D eigenvalue weighted by Gasteiger charge is -2.33. The average Bonchev–Trinajstić information content (AvgIpc) is 2.87. The Labute approximate surface area is 121 Å². The molecule has 2 saturated heterocycles. The van der Waals surface area contributed by atoms with Crippen molar-refractivity contribution < 1.29 is 0 Å². The number of nitrogens with one attached hydrogen (secondary N) is 1. The number of aryl methyl sites for hydroxylation is 1. The van der Waals surface area contributed by atoms with Crippen LogP contribution in [-0.4, -0.2) is 40.0 Å². The number of aromatic nitrogens is 2. The normalized spacial score (nSPS) is 26.5. The van der Waals surface area contributed by atoms with Gasteiger partial charge in [-0.25, -0.2) is 9.97 Å². The van der Waals surface area contributed by atoms with E-state index < -0.39 is 0 Å². The zero-order valence-electron chi connectivity index (χ0n) is 12.5. The molecule has 0 aromatic carbocycles. The fourth-order valence-electron chi connectivity index (χ4n) is 3.47. The Kier molecular flexibility index (Phi) is 3.78. The minimum Gasteiger partial charge on any atom is -0.383 e. The number of hydrogen-bond donors (Lipinski definition) is 2.